The predicted octanol–water partition coefficient (Wildman–Crippen LogP) is 1.54. The molecule has 0 amide bonds. The van der Waals surface area contributed by atoms with Crippen LogP contribution in [0.4, 0.5) is 0 Å². The van der Waals surface area contributed by atoms with Gasteiger partial charge in [-0.2, -0.15) is 5.26 Å². The fraction of sp³-hybridized carbons (Fsp3) is 0.417. The average Bonchev–Trinajstić information content (AvgIpc) is 2.29. The zero-order valence-electron chi connectivity index (χ0n) is 9.35. The maximum Gasteiger partial charge on any atom is 0.0991 e. The first-order valence-electron chi connectivity index (χ1n) is 5.25. The molecule has 0 radical (unpaired) electrons. The van der Waals surface area contributed by atoms with E-state index in [1.54, 1.807) is 12.1 Å². The lowest BCUT2D eigenvalue weighted by molar-refractivity contribution is 0.663. The number of nitrogens with two attached hydrogens (primary N) is 1. The molecule has 1 rings (SSSR count). The van der Waals surface area contributed by atoms with E-state index in [0.717, 1.165) is 12.0 Å². The number of nitrogens with zero attached hydrogens (tertiary/aromatic N) is 1. The Balaban J connectivity index is 2.53. The van der Waals surface area contributed by atoms with E-state index in [0.29, 0.717) is 17.1 Å². The van der Waals surface area contributed by atoms with Gasteiger partial charge in [-0.3, -0.25) is 4.21 Å². The molecule has 0 aliphatic heterocycles. The van der Waals surface area contributed by atoms with E-state index in [1.165, 1.54) is 0 Å². The Labute approximate surface area is 98.7 Å². The van der Waals surface area contributed by atoms with E-state index >= 15 is 0 Å². The van der Waals surface area contributed by atoms with Gasteiger partial charge in [0.25, 0.3) is 0 Å². The molecule has 1 aromatic rings. The van der Waals surface area contributed by atoms with Gasteiger partial charge in [0.05, 0.1) is 11.6 Å². The fourth-order valence-electron chi connectivity index (χ4n) is 1.28. The summed E-state index contributed by atoms with van der Waals surface area (Å²) in [6.07, 6.45) is 0.846. The van der Waals surface area contributed by atoms with Gasteiger partial charge < -0.3 is 5.73 Å². The van der Waals surface area contributed by atoms with Crippen molar-refractivity contribution < 1.29 is 4.21 Å². The van der Waals surface area contributed by atoms with Crippen molar-refractivity contribution in [3.63, 3.8) is 0 Å². The molecule has 0 aromatic heterocycles. The van der Waals surface area contributed by atoms with Crippen molar-refractivity contribution in [2.24, 2.45) is 5.73 Å². The molecule has 0 aliphatic carbocycles. The molecule has 2 N–H and O–H groups in total. The lowest BCUT2D eigenvalue weighted by Crippen LogP contribution is -2.26. The van der Waals surface area contributed by atoms with Crippen molar-refractivity contribution in [2.75, 3.05) is 5.75 Å². The predicted molar refractivity (Wildman–Crippen MR) is 66.1 cm³/mol. The summed E-state index contributed by atoms with van der Waals surface area (Å²) in [7, 11) is -0.917. The van der Waals surface area contributed by atoms with Crippen LogP contribution < -0.4 is 5.73 Å². The van der Waals surface area contributed by atoms with Gasteiger partial charge in [0.2, 0.25) is 0 Å². The minimum atomic E-state index is -0.917. The number of hydrogen-bond acceptors (Lipinski definition) is 3. The molecule has 0 saturated carbocycles. The van der Waals surface area contributed by atoms with Gasteiger partial charge in [-0.1, -0.05) is 19.1 Å². The van der Waals surface area contributed by atoms with Crippen LogP contribution in [0.15, 0.2) is 24.3 Å². The molecule has 0 fully saturated rings. The summed E-state index contributed by atoms with van der Waals surface area (Å²) in [6.45, 7) is 1.99. The van der Waals surface area contributed by atoms with Crippen LogP contribution in [0.3, 0.4) is 0 Å². The summed E-state index contributed by atoms with van der Waals surface area (Å²) in [4.78, 5) is 0. The van der Waals surface area contributed by atoms with E-state index in [9.17, 15) is 4.21 Å². The molecule has 0 spiro atoms. The van der Waals surface area contributed by atoms with Gasteiger partial charge in [0.1, 0.15) is 0 Å². The Bertz CT molecular complexity index is 394. The molecular weight excluding hydrogens is 220 g/mol. The van der Waals surface area contributed by atoms with Gasteiger partial charge in [-0.25, -0.2) is 0 Å². The Morgan fingerprint density at radius 1 is 1.44 bits per heavy atom. The highest BCUT2D eigenvalue weighted by atomic mass is 32.2. The number of rotatable bonds is 5. The lowest BCUT2D eigenvalue weighted by atomic mass is 10.2. The summed E-state index contributed by atoms with van der Waals surface area (Å²) >= 11 is 0. The Kier molecular flexibility index (Phi) is 5.17. The summed E-state index contributed by atoms with van der Waals surface area (Å²) in [5, 5.41) is 8.63. The average molecular weight is 236 g/mol. The van der Waals surface area contributed by atoms with Crippen molar-refractivity contribution in [2.45, 2.75) is 25.1 Å². The molecular formula is C12H16N2OS. The topological polar surface area (TPSA) is 66.9 Å². The van der Waals surface area contributed by atoms with Crippen molar-refractivity contribution in [3.8, 4) is 6.07 Å². The summed E-state index contributed by atoms with van der Waals surface area (Å²) < 4.78 is 11.7. The van der Waals surface area contributed by atoms with Crippen molar-refractivity contribution in [1.29, 1.82) is 5.26 Å². The first kappa shape index (κ1) is 12.9. The van der Waals surface area contributed by atoms with Crippen LogP contribution in [0.5, 0.6) is 0 Å². The van der Waals surface area contributed by atoms with Crippen molar-refractivity contribution in [1.82, 2.24) is 0 Å². The molecule has 2 atom stereocenters. The number of hydrogen-bond donors (Lipinski definition) is 1. The standard InChI is InChI=1S/C12H16N2OS/c1-2-12(14)9-16(15)8-11-5-3-10(7-13)4-6-11/h3-6,12H,2,8-9,14H2,1H3. The third-order valence-corrected chi connectivity index (χ3v) is 3.79. The summed E-state index contributed by atoms with van der Waals surface area (Å²) in [6, 6.07) is 9.23. The van der Waals surface area contributed by atoms with Crippen LogP contribution in [-0.4, -0.2) is 16.0 Å². The van der Waals surface area contributed by atoms with Gasteiger partial charge in [0.15, 0.2) is 0 Å². The van der Waals surface area contributed by atoms with E-state index in [4.69, 9.17) is 11.0 Å². The van der Waals surface area contributed by atoms with E-state index in [-0.39, 0.29) is 6.04 Å². The normalized spacial score (nSPS) is 14.1. The van der Waals surface area contributed by atoms with Crippen LogP contribution in [0.2, 0.25) is 0 Å². The third kappa shape index (κ3) is 4.13. The summed E-state index contributed by atoms with van der Waals surface area (Å²) in [5.74, 6) is 1.05. The summed E-state index contributed by atoms with van der Waals surface area (Å²) in [5.41, 5.74) is 7.35. The molecule has 4 heteroatoms. The van der Waals surface area contributed by atoms with E-state index < -0.39 is 10.8 Å². The van der Waals surface area contributed by atoms with Crippen LogP contribution in [0.25, 0.3) is 0 Å². The zero-order valence-corrected chi connectivity index (χ0v) is 10.2. The third-order valence-electron chi connectivity index (χ3n) is 2.34. The van der Waals surface area contributed by atoms with Crippen molar-refractivity contribution in [3.05, 3.63) is 35.4 Å². The Morgan fingerprint density at radius 2 is 2.06 bits per heavy atom. The molecule has 2 unspecified atom stereocenters. The molecule has 86 valence electrons. The van der Waals surface area contributed by atoms with Gasteiger partial charge in [-0.05, 0) is 24.1 Å². The molecule has 0 bridgehead atoms. The van der Waals surface area contributed by atoms with Crippen LogP contribution in [0.1, 0.15) is 24.5 Å². The quantitative estimate of drug-likeness (QED) is 0.843. The molecule has 0 saturated heterocycles. The number of nitriles is 1. The van der Waals surface area contributed by atoms with Crippen LogP contribution in [0, 0.1) is 11.3 Å². The first-order valence-corrected chi connectivity index (χ1v) is 6.74. The fourth-order valence-corrected chi connectivity index (χ4v) is 2.67. The highest BCUT2D eigenvalue weighted by Gasteiger charge is 2.06. The van der Waals surface area contributed by atoms with Gasteiger partial charge >= 0.3 is 0 Å². The van der Waals surface area contributed by atoms with Gasteiger partial charge in [-0.15, -0.1) is 0 Å². The second-order valence-corrected chi connectivity index (χ2v) is 5.23. The Hall–Kier alpha value is -1.18. The highest BCUT2D eigenvalue weighted by molar-refractivity contribution is 7.84. The largest absolute Gasteiger partial charge is 0.327 e. The second-order valence-electron chi connectivity index (χ2n) is 3.73. The first-order chi connectivity index (χ1) is 7.65. The molecule has 1 aromatic carbocycles. The molecule has 3 nitrogen and oxygen atoms in total. The molecule has 16 heavy (non-hydrogen) atoms. The second kappa shape index (κ2) is 6.41. The molecule has 0 heterocycles. The zero-order chi connectivity index (χ0) is 12.0. The maximum absolute atomic E-state index is 11.7. The van der Waals surface area contributed by atoms with E-state index in [1.807, 2.05) is 19.1 Å². The minimum absolute atomic E-state index is 0.0132. The molecule has 0 aliphatic rings. The minimum Gasteiger partial charge on any atom is -0.327 e. The number of benzene rings is 1. The Morgan fingerprint density at radius 3 is 2.56 bits per heavy atom. The SMILES string of the molecule is CCC(N)CS(=O)Cc1ccc(C#N)cc1. The van der Waals surface area contributed by atoms with Crippen molar-refractivity contribution >= 4 is 10.8 Å². The van der Waals surface area contributed by atoms with Crippen LogP contribution in [-0.2, 0) is 16.6 Å². The highest BCUT2D eigenvalue weighted by Crippen LogP contribution is 2.07. The van der Waals surface area contributed by atoms with Gasteiger partial charge in [0, 0.05) is 28.3 Å². The lowest BCUT2D eigenvalue weighted by Gasteiger charge is -2.08. The van der Waals surface area contributed by atoms with E-state index in [2.05, 4.69) is 6.07 Å². The maximum atomic E-state index is 11.7. The van der Waals surface area contributed by atoms with Crippen LogP contribution >= 0.6 is 0 Å². The monoisotopic (exact) mass is 236 g/mol. The smallest absolute Gasteiger partial charge is 0.0991 e.